The molecule has 172 valence electrons. The zero-order valence-corrected chi connectivity index (χ0v) is 19.4. The Balaban J connectivity index is 1.55. The van der Waals surface area contributed by atoms with Crippen molar-refractivity contribution >= 4 is 10.0 Å². The van der Waals surface area contributed by atoms with Crippen molar-refractivity contribution < 1.29 is 13.2 Å². The predicted octanol–water partition coefficient (Wildman–Crippen LogP) is 4.63. The number of rotatable bonds is 7. The second kappa shape index (κ2) is 9.15. The van der Waals surface area contributed by atoms with Crippen LogP contribution in [0.1, 0.15) is 22.8 Å². The molecule has 0 spiro atoms. The summed E-state index contributed by atoms with van der Waals surface area (Å²) in [5.41, 5.74) is 6.63. The lowest BCUT2D eigenvalue weighted by Gasteiger charge is -2.13. The van der Waals surface area contributed by atoms with Gasteiger partial charge in [0.2, 0.25) is 10.0 Å². The lowest BCUT2D eigenvalue weighted by molar-refractivity contribution is 0.336. The third kappa shape index (κ3) is 4.20. The van der Waals surface area contributed by atoms with Gasteiger partial charge in [0.15, 0.2) is 0 Å². The maximum atomic E-state index is 12.8. The van der Waals surface area contributed by atoms with Gasteiger partial charge < -0.3 is 4.74 Å². The standard InChI is InChI=1S/C26H24N4O3S/c1-33-16-15-28-34(31,32)25-10-8-20-17-21(7-9-23(20)25)24-18-30(22-5-3-2-4-6-22)29-26(24)19-11-13-27-14-12-19/h2-7,9,11-18,25,28H,8,10H2,1H3/b16-15+. The summed E-state index contributed by atoms with van der Waals surface area (Å²) in [5, 5.41) is 4.29. The fourth-order valence-electron chi connectivity index (χ4n) is 4.36. The average Bonchev–Trinajstić information content (AvgIpc) is 3.50. The van der Waals surface area contributed by atoms with Crippen LogP contribution >= 0.6 is 0 Å². The normalized spacial score (nSPS) is 15.4. The summed E-state index contributed by atoms with van der Waals surface area (Å²) in [6.07, 6.45) is 9.37. The van der Waals surface area contributed by atoms with Gasteiger partial charge in [-0.05, 0) is 53.8 Å². The van der Waals surface area contributed by atoms with E-state index in [1.165, 1.54) is 19.6 Å². The molecule has 4 aromatic rings. The largest absolute Gasteiger partial charge is 0.503 e. The molecule has 0 saturated carbocycles. The number of hydrogen-bond acceptors (Lipinski definition) is 5. The molecule has 2 aromatic carbocycles. The zero-order valence-electron chi connectivity index (χ0n) is 18.6. The number of nitrogens with one attached hydrogen (secondary N) is 1. The minimum Gasteiger partial charge on any atom is -0.503 e. The number of para-hydroxylation sites is 1. The SMILES string of the molecule is CO/C=C/NS(=O)(=O)C1CCc2cc(-c3cn(-c4ccccc4)nc3-c3ccncc3)ccc21. The van der Waals surface area contributed by atoms with E-state index < -0.39 is 15.3 Å². The van der Waals surface area contributed by atoms with Gasteiger partial charge in [0.25, 0.3) is 0 Å². The summed E-state index contributed by atoms with van der Waals surface area (Å²) in [6.45, 7) is 0. The Hall–Kier alpha value is -3.91. The topological polar surface area (TPSA) is 86.1 Å². The van der Waals surface area contributed by atoms with Gasteiger partial charge >= 0.3 is 0 Å². The van der Waals surface area contributed by atoms with E-state index in [2.05, 4.69) is 15.8 Å². The van der Waals surface area contributed by atoms with E-state index >= 15 is 0 Å². The summed E-state index contributed by atoms with van der Waals surface area (Å²) < 4.78 is 34.7. The van der Waals surface area contributed by atoms with E-state index in [-0.39, 0.29) is 0 Å². The van der Waals surface area contributed by atoms with Crippen molar-refractivity contribution in [1.29, 1.82) is 0 Å². The molecule has 0 radical (unpaired) electrons. The highest BCUT2D eigenvalue weighted by Gasteiger charge is 2.33. The second-order valence-electron chi connectivity index (χ2n) is 8.05. The first kappa shape index (κ1) is 21.9. The molecule has 2 aromatic heterocycles. The number of fused-ring (bicyclic) bond motifs is 1. The van der Waals surface area contributed by atoms with Crippen LogP contribution in [-0.4, -0.2) is 30.3 Å². The average molecular weight is 473 g/mol. The summed E-state index contributed by atoms with van der Waals surface area (Å²) in [5.74, 6) is 0. The van der Waals surface area contributed by atoms with Crippen LogP contribution in [0.5, 0.6) is 0 Å². The van der Waals surface area contributed by atoms with E-state index in [0.717, 1.165) is 39.2 Å². The summed E-state index contributed by atoms with van der Waals surface area (Å²) >= 11 is 0. The van der Waals surface area contributed by atoms with Crippen LogP contribution in [0, 0.1) is 0 Å². The van der Waals surface area contributed by atoms with Gasteiger partial charge in [-0.3, -0.25) is 9.71 Å². The first-order valence-corrected chi connectivity index (χ1v) is 12.5. The molecule has 2 heterocycles. The van der Waals surface area contributed by atoms with Crippen LogP contribution in [0.25, 0.3) is 28.1 Å². The molecule has 0 fully saturated rings. The van der Waals surface area contributed by atoms with E-state index in [9.17, 15) is 8.42 Å². The van der Waals surface area contributed by atoms with Crippen molar-refractivity contribution in [1.82, 2.24) is 19.5 Å². The highest BCUT2D eigenvalue weighted by molar-refractivity contribution is 7.89. The van der Waals surface area contributed by atoms with Gasteiger partial charge in [0.05, 0.1) is 19.1 Å². The number of aromatic nitrogens is 3. The molecule has 8 heteroatoms. The number of aryl methyl sites for hydroxylation is 1. The summed E-state index contributed by atoms with van der Waals surface area (Å²) in [4.78, 5) is 4.13. The fraction of sp³-hybridized carbons (Fsp3) is 0.154. The summed E-state index contributed by atoms with van der Waals surface area (Å²) in [6, 6.07) is 19.8. The van der Waals surface area contributed by atoms with Gasteiger partial charge in [-0.1, -0.05) is 36.4 Å². The van der Waals surface area contributed by atoms with Gasteiger partial charge in [-0.2, -0.15) is 5.10 Å². The van der Waals surface area contributed by atoms with Crippen LogP contribution < -0.4 is 4.72 Å². The smallest absolute Gasteiger partial charge is 0.239 e. The quantitative estimate of drug-likeness (QED) is 0.397. The number of benzene rings is 2. The molecule has 1 aliphatic rings. The van der Waals surface area contributed by atoms with Crippen molar-refractivity contribution in [3.63, 3.8) is 0 Å². The Morgan fingerprint density at radius 2 is 1.85 bits per heavy atom. The Morgan fingerprint density at radius 3 is 2.62 bits per heavy atom. The van der Waals surface area contributed by atoms with E-state index in [4.69, 9.17) is 9.84 Å². The van der Waals surface area contributed by atoms with Gasteiger partial charge in [-0.25, -0.2) is 13.1 Å². The van der Waals surface area contributed by atoms with Gasteiger partial charge in [0.1, 0.15) is 10.9 Å². The van der Waals surface area contributed by atoms with Gasteiger partial charge in [-0.15, -0.1) is 0 Å². The zero-order chi connectivity index (χ0) is 23.5. The number of pyridine rings is 1. The number of ether oxygens (including phenoxy) is 1. The predicted molar refractivity (Wildman–Crippen MR) is 131 cm³/mol. The molecule has 1 aliphatic carbocycles. The van der Waals surface area contributed by atoms with Crippen molar-refractivity contribution in [2.75, 3.05) is 7.11 Å². The number of nitrogens with zero attached hydrogens (tertiary/aromatic N) is 3. The highest BCUT2D eigenvalue weighted by Crippen LogP contribution is 2.40. The molecular formula is C26H24N4O3S. The maximum absolute atomic E-state index is 12.8. The Morgan fingerprint density at radius 1 is 1.06 bits per heavy atom. The van der Waals surface area contributed by atoms with E-state index in [1.807, 2.05) is 65.5 Å². The van der Waals surface area contributed by atoms with Crippen molar-refractivity contribution in [2.45, 2.75) is 18.1 Å². The molecule has 1 atom stereocenters. The molecule has 0 aliphatic heterocycles. The number of hydrogen-bond donors (Lipinski definition) is 1. The van der Waals surface area contributed by atoms with Crippen LogP contribution in [0.15, 0.2) is 91.7 Å². The Bertz CT molecular complexity index is 1430. The molecule has 1 unspecified atom stereocenters. The molecule has 0 amide bonds. The highest BCUT2D eigenvalue weighted by atomic mass is 32.2. The number of methoxy groups -OCH3 is 1. The first-order valence-electron chi connectivity index (χ1n) is 10.9. The molecule has 34 heavy (non-hydrogen) atoms. The second-order valence-corrected chi connectivity index (χ2v) is 9.94. The Kier molecular flexibility index (Phi) is 5.90. The van der Waals surface area contributed by atoms with Crippen LogP contribution in [0.3, 0.4) is 0 Å². The third-order valence-corrected chi connectivity index (χ3v) is 7.68. The molecular weight excluding hydrogens is 448 g/mol. The van der Waals surface area contributed by atoms with Crippen molar-refractivity contribution in [3.05, 3.63) is 103 Å². The molecule has 7 nitrogen and oxygen atoms in total. The minimum atomic E-state index is -3.55. The van der Waals surface area contributed by atoms with Crippen molar-refractivity contribution in [2.24, 2.45) is 0 Å². The molecule has 1 N–H and O–H groups in total. The third-order valence-electron chi connectivity index (χ3n) is 5.98. The van der Waals surface area contributed by atoms with Crippen LogP contribution in [-0.2, 0) is 21.2 Å². The lowest BCUT2D eigenvalue weighted by atomic mass is 9.99. The van der Waals surface area contributed by atoms with E-state index in [0.29, 0.717) is 12.8 Å². The molecule has 0 saturated heterocycles. The fourth-order valence-corrected chi connectivity index (χ4v) is 5.76. The van der Waals surface area contributed by atoms with E-state index in [1.54, 1.807) is 12.4 Å². The minimum absolute atomic E-state index is 0.537. The van der Waals surface area contributed by atoms with Crippen LogP contribution in [0.4, 0.5) is 0 Å². The summed E-state index contributed by atoms with van der Waals surface area (Å²) in [7, 11) is -2.08. The van der Waals surface area contributed by atoms with Crippen molar-refractivity contribution in [3.8, 4) is 28.1 Å². The van der Waals surface area contributed by atoms with Gasteiger partial charge in [0, 0.05) is 35.9 Å². The monoisotopic (exact) mass is 472 g/mol. The lowest BCUT2D eigenvalue weighted by Crippen LogP contribution is -2.23. The number of sulfonamides is 1. The maximum Gasteiger partial charge on any atom is 0.239 e. The molecule has 0 bridgehead atoms. The first-order chi connectivity index (χ1) is 16.6. The molecule has 5 rings (SSSR count). The Labute approximate surface area is 198 Å². The van der Waals surface area contributed by atoms with Crippen LogP contribution in [0.2, 0.25) is 0 Å².